The minimum Gasteiger partial charge on any atom is -0.380 e. The Labute approximate surface area is 110 Å². The van der Waals surface area contributed by atoms with Crippen LogP contribution in [0.3, 0.4) is 0 Å². The van der Waals surface area contributed by atoms with Gasteiger partial charge < -0.3 is 5.32 Å². The zero-order chi connectivity index (χ0) is 13.1. The van der Waals surface area contributed by atoms with Crippen LogP contribution in [0.5, 0.6) is 0 Å². The topological polar surface area (TPSA) is 24.9 Å². The summed E-state index contributed by atoms with van der Waals surface area (Å²) in [6.45, 7) is 0.689. The Hall–Kier alpha value is -2.42. The number of aromatic nitrogens is 1. The third kappa shape index (κ3) is 2.55. The van der Waals surface area contributed by atoms with Gasteiger partial charge in [0, 0.05) is 6.54 Å². The molecule has 3 rings (SSSR count). The van der Waals surface area contributed by atoms with Crippen LogP contribution < -0.4 is 5.32 Å². The molecule has 0 saturated carbocycles. The molecule has 0 bridgehead atoms. The average molecular weight is 252 g/mol. The first kappa shape index (κ1) is 11.7. The van der Waals surface area contributed by atoms with Crippen molar-refractivity contribution < 1.29 is 4.39 Å². The number of anilines is 1. The summed E-state index contributed by atoms with van der Waals surface area (Å²) in [5, 5.41) is 5.70. The van der Waals surface area contributed by atoms with E-state index in [1.165, 1.54) is 28.6 Å². The Balaban J connectivity index is 1.84. The van der Waals surface area contributed by atoms with E-state index in [2.05, 4.69) is 34.6 Å². The summed E-state index contributed by atoms with van der Waals surface area (Å²) in [4.78, 5) is 3.62. The first-order valence-corrected chi connectivity index (χ1v) is 6.15. The highest BCUT2D eigenvalue weighted by Crippen LogP contribution is 2.19. The molecular weight excluding hydrogens is 239 g/mol. The predicted octanol–water partition coefficient (Wildman–Crippen LogP) is 3.99. The molecule has 0 saturated heterocycles. The molecule has 2 nitrogen and oxygen atoms in total. The fraction of sp³-hybridized carbons (Fsp3) is 0.0625. The van der Waals surface area contributed by atoms with Crippen LogP contribution in [-0.2, 0) is 6.54 Å². The maximum absolute atomic E-state index is 12.7. The van der Waals surface area contributed by atoms with Crippen molar-refractivity contribution in [3.8, 4) is 0 Å². The van der Waals surface area contributed by atoms with Gasteiger partial charge in [-0.3, -0.25) is 0 Å². The Kier molecular flexibility index (Phi) is 3.11. The monoisotopic (exact) mass is 252 g/mol. The standard InChI is InChI=1S/C16H13FN2/c17-16-9-8-14(11-19-16)18-10-13-6-3-5-12-4-1-2-7-15(12)13/h1-9,11,18H,10H2. The van der Waals surface area contributed by atoms with Crippen LogP contribution in [0.15, 0.2) is 60.8 Å². The Morgan fingerprint density at radius 3 is 2.63 bits per heavy atom. The molecule has 0 aliphatic carbocycles. The molecule has 2 aromatic carbocycles. The lowest BCUT2D eigenvalue weighted by Crippen LogP contribution is -2.00. The molecule has 3 heteroatoms. The van der Waals surface area contributed by atoms with Crippen LogP contribution in [0.2, 0.25) is 0 Å². The van der Waals surface area contributed by atoms with Gasteiger partial charge in [-0.05, 0) is 28.5 Å². The Morgan fingerprint density at radius 1 is 0.947 bits per heavy atom. The number of fused-ring (bicyclic) bond motifs is 1. The second-order valence-corrected chi connectivity index (χ2v) is 4.36. The van der Waals surface area contributed by atoms with Crippen LogP contribution in [-0.4, -0.2) is 4.98 Å². The first-order chi connectivity index (χ1) is 9.33. The molecule has 0 amide bonds. The van der Waals surface area contributed by atoms with Crippen molar-refractivity contribution in [2.24, 2.45) is 0 Å². The van der Waals surface area contributed by atoms with Gasteiger partial charge in [0.25, 0.3) is 0 Å². The number of benzene rings is 2. The third-order valence-electron chi connectivity index (χ3n) is 3.09. The molecule has 0 spiro atoms. The first-order valence-electron chi connectivity index (χ1n) is 6.15. The maximum atomic E-state index is 12.7. The molecule has 0 unspecified atom stereocenters. The minimum absolute atomic E-state index is 0.462. The Bertz CT molecular complexity index is 687. The molecule has 0 fully saturated rings. The third-order valence-corrected chi connectivity index (χ3v) is 3.09. The molecule has 1 aromatic heterocycles. The van der Waals surface area contributed by atoms with Crippen molar-refractivity contribution in [2.45, 2.75) is 6.54 Å². The van der Waals surface area contributed by atoms with Crippen molar-refractivity contribution in [3.63, 3.8) is 0 Å². The summed E-state index contributed by atoms with van der Waals surface area (Å²) >= 11 is 0. The Morgan fingerprint density at radius 2 is 1.79 bits per heavy atom. The zero-order valence-electron chi connectivity index (χ0n) is 10.3. The van der Waals surface area contributed by atoms with E-state index in [1.54, 1.807) is 6.07 Å². The summed E-state index contributed by atoms with van der Waals surface area (Å²) in [7, 11) is 0. The van der Waals surface area contributed by atoms with Gasteiger partial charge in [0.2, 0.25) is 5.95 Å². The number of rotatable bonds is 3. The average Bonchev–Trinajstić information content (AvgIpc) is 2.47. The van der Waals surface area contributed by atoms with Gasteiger partial charge in [-0.1, -0.05) is 42.5 Å². The molecule has 1 heterocycles. The molecule has 0 radical (unpaired) electrons. The van der Waals surface area contributed by atoms with Gasteiger partial charge in [-0.25, -0.2) is 4.98 Å². The molecule has 0 aliphatic rings. The van der Waals surface area contributed by atoms with E-state index in [0.717, 1.165) is 5.69 Å². The molecule has 3 aromatic rings. The van der Waals surface area contributed by atoms with Crippen molar-refractivity contribution in [1.82, 2.24) is 4.98 Å². The molecule has 0 atom stereocenters. The summed E-state index contributed by atoms with van der Waals surface area (Å²) in [6.07, 6.45) is 1.50. The second kappa shape index (κ2) is 5.06. The highest BCUT2D eigenvalue weighted by Gasteiger charge is 2.00. The van der Waals surface area contributed by atoms with Gasteiger partial charge in [-0.2, -0.15) is 4.39 Å². The van der Waals surface area contributed by atoms with Crippen LogP contribution in [0.1, 0.15) is 5.56 Å². The van der Waals surface area contributed by atoms with E-state index >= 15 is 0 Å². The smallest absolute Gasteiger partial charge is 0.212 e. The van der Waals surface area contributed by atoms with Crippen molar-refractivity contribution in [3.05, 3.63) is 72.3 Å². The van der Waals surface area contributed by atoms with Gasteiger partial charge in [-0.15, -0.1) is 0 Å². The van der Waals surface area contributed by atoms with E-state index in [4.69, 9.17) is 0 Å². The summed E-state index contributed by atoms with van der Waals surface area (Å²) in [5.74, 6) is -0.462. The predicted molar refractivity (Wildman–Crippen MR) is 75.5 cm³/mol. The fourth-order valence-corrected chi connectivity index (χ4v) is 2.12. The van der Waals surface area contributed by atoms with E-state index in [9.17, 15) is 4.39 Å². The number of hydrogen-bond acceptors (Lipinski definition) is 2. The molecule has 19 heavy (non-hydrogen) atoms. The minimum atomic E-state index is -0.462. The van der Waals surface area contributed by atoms with E-state index in [1.807, 2.05) is 18.2 Å². The SMILES string of the molecule is Fc1ccc(NCc2cccc3ccccc23)cn1. The number of nitrogens with zero attached hydrogens (tertiary/aromatic N) is 1. The van der Waals surface area contributed by atoms with Crippen molar-refractivity contribution in [2.75, 3.05) is 5.32 Å². The fourth-order valence-electron chi connectivity index (χ4n) is 2.12. The van der Waals surface area contributed by atoms with Crippen molar-refractivity contribution >= 4 is 16.5 Å². The maximum Gasteiger partial charge on any atom is 0.212 e. The number of pyridine rings is 1. The highest BCUT2D eigenvalue weighted by molar-refractivity contribution is 5.85. The van der Waals surface area contributed by atoms with E-state index in [-0.39, 0.29) is 0 Å². The number of nitrogens with one attached hydrogen (secondary N) is 1. The van der Waals surface area contributed by atoms with E-state index < -0.39 is 5.95 Å². The molecule has 1 N–H and O–H groups in total. The number of hydrogen-bond donors (Lipinski definition) is 1. The van der Waals surface area contributed by atoms with Crippen molar-refractivity contribution in [1.29, 1.82) is 0 Å². The molecular formula is C16H13FN2. The van der Waals surface area contributed by atoms with Gasteiger partial charge >= 0.3 is 0 Å². The molecule has 94 valence electrons. The lowest BCUT2D eigenvalue weighted by molar-refractivity contribution is 0.584. The lowest BCUT2D eigenvalue weighted by atomic mass is 10.0. The van der Waals surface area contributed by atoms with Crippen LogP contribution in [0.4, 0.5) is 10.1 Å². The quantitative estimate of drug-likeness (QED) is 0.713. The highest BCUT2D eigenvalue weighted by atomic mass is 19.1. The summed E-state index contributed by atoms with van der Waals surface area (Å²) < 4.78 is 12.7. The molecule has 0 aliphatic heterocycles. The van der Waals surface area contributed by atoms with Gasteiger partial charge in [0.15, 0.2) is 0 Å². The van der Waals surface area contributed by atoms with Crippen LogP contribution in [0, 0.1) is 5.95 Å². The van der Waals surface area contributed by atoms with Gasteiger partial charge in [0.1, 0.15) is 0 Å². The largest absolute Gasteiger partial charge is 0.380 e. The zero-order valence-corrected chi connectivity index (χ0v) is 10.3. The summed E-state index contributed by atoms with van der Waals surface area (Å²) in [6, 6.07) is 17.5. The van der Waals surface area contributed by atoms with Gasteiger partial charge in [0.05, 0.1) is 11.9 Å². The van der Waals surface area contributed by atoms with Crippen LogP contribution >= 0.6 is 0 Å². The number of halogens is 1. The normalized spacial score (nSPS) is 10.6. The summed E-state index contributed by atoms with van der Waals surface area (Å²) in [5.41, 5.74) is 2.02. The lowest BCUT2D eigenvalue weighted by Gasteiger charge is -2.09. The second-order valence-electron chi connectivity index (χ2n) is 4.36. The van der Waals surface area contributed by atoms with E-state index in [0.29, 0.717) is 6.54 Å². The van der Waals surface area contributed by atoms with Crippen LogP contribution in [0.25, 0.3) is 10.8 Å².